The third kappa shape index (κ3) is 5.75. The Morgan fingerprint density at radius 1 is 0.318 bits per heavy atom. The van der Waals surface area contributed by atoms with E-state index in [9.17, 15) is 10.5 Å². The maximum Gasteiger partial charge on any atom is 0.103 e. The number of fused-ring (bicyclic) bond motifs is 8. The molecule has 66 heavy (non-hydrogen) atoms. The number of benzene rings is 9. The molecule has 2 heterocycles. The van der Waals surface area contributed by atoms with E-state index in [1.165, 1.54) is 11.1 Å². The van der Waals surface area contributed by atoms with Crippen molar-refractivity contribution in [1.29, 1.82) is 10.5 Å². The lowest BCUT2D eigenvalue weighted by Crippen LogP contribution is -2.27. The van der Waals surface area contributed by atoms with E-state index in [0.29, 0.717) is 11.1 Å². The van der Waals surface area contributed by atoms with Gasteiger partial charge in [0.15, 0.2) is 0 Å². The summed E-state index contributed by atoms with van der Waals surface area (Å²) in [6, 6.07) is 74.7. The fourth-order valence-electron chi connectivity index (χ4n) is 11.7. The Labute approximate surface area is 383 Å². The molecule has 4 nitrogen and oxygen atoms in total. The van der Waals surface area contributed by atoms with Gasteiger partial charge in [0, 0.05) is 21.5 Å². The Morgan fingerprint density at radius 2 is 0.576 bits per heavy atom. The summed E-state index contributed by atoms with van der Waals surface area (Å²) in [6.45, 7) is 0. The monoisotopic (exact) mass is 842 g/mol. The molecule has 2 bridgehead atoms. The molecule has 0 aliphatic heterocycles. The molecule has 0 N–H and O–H groups in total. The van der Waals surface area contributed by atoms with Crippen molar-refractivity contribution in [3.8, 4) is 68.0 Å². The van der Waals surface area contributed by atoms with Crippen LogP contribution < -0.4 is 0 Å². The Hall–Kier alpha value is -8.44. The summed E-state index contributed by atoms with van der Waals surface area (Å²) in [5.74, 6) is 0.501. The molecule has 0 amide bonds. The highest BCUT2D eigenvalue weighted by Crippen LogP contribution is 2.57. The van der Waals surface area contributed by atoms with Gasteiger partial charge in [0.05, 0.1) is 44.6 Å². The van der Waals surface area contributed by atoms with Crippen LogP contribution in [0.25, 0.3) is 99.5 Å². The zero-order valence-corrected chi connectivity index (χ0v) is 36.2. The second-order valence-corrected chi connectivity index (χ2v) is 18.1. The first kappa shape index (κ1) is 38.1. The van der Waals surface area contributed by atoms with Crippen molar-refractivity contribution in [2.24, 2.45) is 0 Å². The number of nitrogens with zero attached hydrogens (tertiary/aromatic N) is 4. The predicted octanol–water partition coefficient (Wildman–Crippen LogP) is 16.0. The fraction of sp³-hybridized carbons (Fsp3) is 0.0968. The second-order valence-electron chi connectivity index (χ2n) is 18.1. The molecule has 3 aliphatic rings. The predicted molar refractivity (Wildman–Crippen MR) is 270 cm³/mol. The highest BCUT2D eigenvalue weighted by molar-refractivity contribution is 6.14. The molecule has 0 radical (unpaired) electrons. The first-order chi connectivity index (χ1) is 32.7. The summed E-state index contributed by atoms with van der Waals surface area (Å²) < 4.78 is 4.70. The van der Waals surface area contributed by atoms with Gasteiger partial charge in [-0.2, -0.15) is 10.5 Å². The van der Waals surface area contributed by atoms with Gasteiger partial charge < -0.3 is 9.13 Å². The van der Waals surface area contributed by atoms with E-state index in [-0.39, 0.29) is 11.8 Å². The van der Waals surface area contributed by atoms with Crippen LogP contribution in [0.1, 0.15) is 59.8 Å². The molecule has 4 heteroatoms. The lowest BCUT2D eigenvalue weighted by molar-refractivity contribution is 0.357. The quantitative estimate of drug-likeness (QED) is 0.167. The van der Waals surface area contributed by atoms with Gasteiger partial charge in [-0.1, -0.05) is 146 Å². The highest BCUT2D eigenvalue weighted by Gasteiger charge is 2.41. The van der Waals surface area contributed by atoms with Crippen molar-refractivity contribution in [2.45, 2.75) is 37.5 Å². The van der Waals surface area contributed by atoms with Crippen molar-refractivity contribution >= 4 is 43.6 Å². The van der Waals surface area contributed by atoms with Crippen LogP contribution in [0, 0.1) is 22.7 Å². The molecule has 0 spiro atoms. The average Bonchev–Trinajstić information content (AvgIpc) is 3.90. The Kier molecular flexibility index (Phi) is 8.70. The van der Waals surface area contributed by atoms with Crippen molar-refractivity contribution < 1.29 is 0 Å². The molecule has 11 aromatic rings. The summed E-state index contributed by atoms with van der Waals surface area (Å²) in [7, 11) is 0. The molecule has 0 saturated heterocycles. The number of hydrogen-bond donors (Lipinski definition) is 0. The lowest BCUT2D eigenvalue weighted by Gasteiger charge is -2.42. The fourth-order valence-corrected chi connectivity index (χ4v) is 11.7. The SMILES string of the molecule is N#Cc1c(C#N)c(-n2c3ccc(-c4ccccc4)cc3c3cc(-c4ccccc4)ccc32)c2c(c1-n1c3ccc(-c4ccccc4)cc3c3cc(-c4ccccc4)ccc31)C1CCC2CC1. The lowest BCUT2D eigenvalue weighted by atomic mass is 9.64. The van der Waals surface area contributed by atoms with Crippen molar-refractivity contribution in [3.05, 3.63) is 216 Å². The largest absolute Gasteiger partial charge is 0.308 e. The van der Waals surface area contributed by atoms with Crippen LogP contribution in [-0.2, 0) is 0 Å². The van der Waals surface area contributed by atoms with Gasteiger partial charge >= 0.3 is 0 Å². The van der Waals surface area contributed by atoms with Gasteiger partial charge in [-0.3, -0.25) is 0 Å². The van der Waals surface area contributed by atoms with Gasteiger partial charge in [0.25, 0.3) is 0 Å². The summed E-state index contributed by atoms with van der Waals surface area (Å²) >= 11 is 0. The smallest absolute Gasteiger partial charge is 0.103 e. The highest BCUT2D eigenvalue weighted by atomic mass is 15.0. The molecule has 310 valence electrons. The molecule has 9 aromatic carbocycles. The topological polar surface area (TPSA) is 57.4 Å². The van der Waals surface area contributed by atoms with Crippen LogP contribution in [0.4, 0.5) is 0 Å². The molecule has 0 atom stereocenters. The Balaban J connectivity index is 1.14. The molecule has 1 saturated carbocycles. The third-order valence-corrected chi connectivity index (χ3v) is 14.7. The maximum atomic E-state index is 11.7. The van der Waals surface area contributed by atoms with Gasteiger partial charge in [0.2, 0.25) is 0 Å². The van der Waals surface area contributed by atoms with E-state index in [4.69, 9.17) is 0 Å². The zero-order valence-electron chi connectivity index (χ0n) is 36.2. The number of aromatic nitrogens is 2. The average molecular weight is 843 g/mol. The van der Waals surface area contributed by atoms with E-state index in [0.717, 1.165) is 125 Å². The molecule has 2 aromatic heterocycles. The second kappa shape index (κ2) is 15.1. The number of nitriles is 2. The first-order valence-electron chi connectivity index (χ1n) is 23.1. The number of rotatable bonds is 6. The summed E-state index contributed by atoms with van der Waals surface area (Å²) in [6.07, 6.45) is 4.23. The van der Waals surface area contributed by atoms with Gasteiger partial charge in [-0.05, 0) is 142 Å². The van der Waals surface area contributed by atoms with Crippen molar-refractivity contribution in [1.82, 2.24) is 9.13 Å². The molecule has 14 rings (SSSR count). The molecular weight excluding hydrogens is 801 g/mol. The van der Waals surface area contributed by atoms with E-state index in [1.807, 2.05) is 0 Å². The third-order valence-electron chi connectivity index (χ3n) is 14.7. The van der Waals surface area contributed by atoms with Crippen LogP contribution >= 0.6 is 0 Å². The minimum absolute atomic E-state index is 0.251. The Bertz CT molecular complexity index is 3370. The molecule has 3 aliphatic carbocycles. The summed E-state index contributed by atoms with van der Waals surface area (Å²) in [5.41, 5.74) is 18.4. The van der Waals surface area contributed by atoms with E-state index in [2.05, 4.69) is 215 Å². The van der Waals surface area contributed by atoms with Crippen molar-refractivity contribution in [2.75, 3.05) is 0 Å². The molecular formula is C62H42N4. The standard InChI is InChI=1S/C62H42N4/c63-37-53-54(38-64)62(66-57-31-27-47(41-17-9-3-10-18-41)35-51(57)52-36-48(28-32-58(52)66)42-19-11-4-12-20-42)60-44-23-21-43(22-24-44)59(60)61(53)65-55-29-25-45(39-13-5-1-6-14-39)33-49(55)50-34-46(26-30-56(50)65)40-15-7-2-8-16-40/h1-20,25-36,43-44H,21-24H2. The van der Waals surface area contributed by atoms with Crippen LogP contribution in [0.5, 0.6) is 0 Å². The van der Waals surface area contributed by atoms with E-state index >= 15 is 0 Å². The van der Waals surface area contributed by atoms with Gasteiger partial charge in [-0.25, -0.2) is 0 Å². The molecule has 1 fully saturated rings. The van der Waals surface area contributed by atoms with Crippen LogP contribution in [-0.4, -0.2) is 9.13 Å². The normalized spacial score (nSPS) is 15.3. The zero-order chi connectivity index (χ0) is 43.9. The van der Waals surface area contributed by atoms with Crippen LogP contribution in [0.15, 0.2) is 194 Å². The minimum Gasteiger partial charge on any atom is -0.308 e. The maximum absolute atomic E-state index is 11.7. The number of hydrogen-bond acceptors (Lipinski definition) is 2. The first-order valence-corrected chi connectivity index (χ1v) is 23.1. The minimum atomic E-state index is 0.251. The van der Waals surface area contributed by atoms with E-state index < -0.39 is 0 Å². The van der Waals surface area contributed by atoms with Crippen LogP contribution in [0.2, 0.25) is 0 Å². The van der Waals surface area contributed by atoms with E-state index in [1.54, 1.807) is 0 Å². The van der Waals surface area contributed by atoms with Crippen LogP contribution in [0.3, 0.4) is 0 Å². The summed E-state index contributed by atoms with van der Waals surface area (Å²) in [4.78, 5) is 0. The molecule has 0 unspecified atom stereocenters. The van der Waals surface area contributed by atoms with Gasteiger partial charge in [-0.15, -0.1) is 0 Å². The Morgan fingerprint density at radius 3 is 0.818 bits per heavy atom. The van der Waals surface area contributed by atoms with Gasteiger partial charge in [0.1, 0.15) is 12.1 Å². The van der Waals surface area contributed by atoms with Crippen molar-refractivity contribution in [3.63, 3.8) is 0 Å². The summed E-state index contributed by atoms with van der Waals surface area (Å²) in [5, 5.41) is 27.8.